The van der Waals surface area contributed by atoms with Gasteiger partial charge in [0.25, 0.3) is 0 Å². The second kappa shape index (κ2) is 5.25. The van der Waals surface area contributed by atoms with Gasteiger partial charge in [-0.1, -0.05) is 39.7 Å². The maximum absolute atomic E-state index is 12.4. The van der Waals surface area contributed by atoms with E-state index in [9.17, 15) is 4.79 Å². The molecule has 3 heteroatoms. The van der Waals surface area contributed by atoms with E-state index in [1.807, 2.05) is 38.1 Å². The van der Waals surface area contributed by atoms with Gasteiger partial charge in [0.2, 0.25) is 0 Å². The molecule has 1 nitrogen and oxygen atoms in total. The normalized spacial score (nSPS) is 10.4. The van der Waals surface area contributed by atoms with Gasteiger partial charge in [0, 0.05) is 15.6 Å². The van der Waals surface area contributed by atoms with E-state index >= 15 is 0 Å². The van der Waals surface area contributed by atoms with Crippen molar-refractivity contribution in [1.29, 1.82) is 0 Å². The van der Waals surface area contributed by atoms with Crippen LogP contribution < -0.4 is 0 Å². The Hall–Kier alpha value is -1.12. The van der Waals surface area contributed by atoms with Crippen LogP contribution in [0, 0.1) is 13.8 Å². The lowest BCUT2D eigenvalue weighted by Gasteiger charge is -2.08. The SMILES string of the molecule is Cc1cc(Cl)c(C(=O)c2cccc(Br)c2)cc1C. The van der Waals surface area contributed by atoms with Crippen LogP contribution in [0.1, 0.15) is 27.0 Å². The first-order valence-corrected chi connectivity index (χ1v) is 6.73. The van der Waals surface area contributed by atoms with Gasteiger partial charge in [-0.2, -0.15) is 0 Å². The molecule has 0 unspecified atom stereocenters. The highest BCUT2D eigenvalue weighted by atomic mass is 79.9. The van der Waals surface area contributed by atoms with Crippen molar-refractivity contribution < 1.29 is 4.79 Å². The third-order valence-electron chi connectivity index (χ3n) is 2.91. The molecular weight excluding hydrogens is 312 g/mol. The Kier molecular flexibility index (Phi) is 3.88. The summed E-state index contributed by atoms with van der Waals surface area (Å²) in [6, 6.07) is 11.0. The minimum atomic E-state index is -0.0515. The molecule has 2 rings (SSSR count). The number of carbonyl (C=O) groups is 1. The molecule has 2 aromatic rings. The third kappa shape index (κ3) is 2.65. The summed E-state index contributed by atoms with van der Waals surface area (Å²) in [6.45, 7) is 3.96. The zero-order valence-corrected chi connectivity index (χ0v) is 12.5. The van der Waals surface area contributed by atoms with E-state index in [2.05, 4.69) is 15.9 Å². The number of hydrogen-bond acceptors (Lipinski definition) is 1. The van der Waals surface area contributed by atoms with Crippen molar-refractivity contribution in [2.75, 3.05) is 0 Å². The quantitative estimate of drug-likeness (QED) is 0.715. The van der Waals surface area contributed by atoms with E-state index in [1.54, 1.807) is 12.1 Å². The van der Waals surface area contributed by atoms with E-state index in [0.717, 1.165) is 15.6 Å². The van der Waals surface area contributed by atoms with Crippen LogP contribution in [-0.4, -0.2) is 5.78 Å². The van der Waals surface area contributed by atoms with Gasteiger partial charge in [-0.05, 0) is 49.2 Å². The third-order valence-corrected chi connectivity index (χ3v) is 3.72. The fourth-order valence-corrected chi connectivity index (χ4v) is 2.44. The summed E-state index contributed by atoms with van der Waals surface area (Å²) in [6.07, 6.45) is 0. The Morgan fingerprint density at radius 2 is 1.78 bits per heavy atom. The summed E-state index contributed by atoms with van der Waals surface area (Å²) in [4.78, 5) is 12.4. The maximum Gasteiger partial charge on any atom is 0.194 e. The molecule has 0 N–H and O–H groups in total. The Bertz CT molecular complexity index is 620. The number of carbonyl (C=O) groups excluding carboxylic acids is 1. The number of halogens is 2. The van der Waals surface area contributed by atoms with Crippen molar-refractivity contribution in [2.45, 2.75) is 13.8 Å². The molecule has 0 heterocycles. The van der Waals surface area contributed by atoms with Crippen LogP contribution in [0.5, 0.6) is 0 Å². The van der Waals surface area contributed by atoms with Gasteiger partial charge in [0.1, 0.15) is 0 Å². The minimum absolute atomic E-state index is 0.0515. The summed E-state index contributed by atoms with van der Waals surface area (Å²) in [5.74, 6) is -0.0515. The number of hydrogen-bond donors (Lipinski definition) is 0. The van der Waals surface area contributed by atoms with Gasteiger partial charge in [0.05, 0.1) is 5.02 Å². The maximum atomic E-state index is 12.4. The lowest BCUT2D eigenvalue weighted by molar-refractivity contribution is 0.103. The average Bonchev–Trinajstić information content (AvgIpc) is 2.33. The van der Waals surface area contributed by atoms with Crippen LogP contribution in [0.3, 0.4) is 0 Å². The molecule has 0 aliphatic rings. The van der Waals surface area contributed by atoms with Gasteiger partial charge in [0.15, 0.2) is 5.78 Å². The lowest BCUT2D eigenvalue weighted by atomic mass is 9.99. The molecule has 0 atom stereocenters. The Morgan fingerprint density at radius 3 is 2.44 bits per heavy atom. The van der Waals surface area contributed by atoms with Gasteiger partial charge >= 0.3 is 0 Å². The lowest BCUT2D eigenvalue weighted by Crippen LogP contribution is -2.03. The highest BCUT2D eigenvalue weighted by molar-refractivity contribution is 9.10. The Morgan fingerprint density at radius 1 is 1.11 bits per heavy atom. The fraction of sp³-hybridized carbons (Fsp3) is 0.133. The molecule has 92 valence electrons. The largest absolute Gasteiger partial charge is 0.289 e. The van der Waals surface area contributed by atoms with Gasteiger partial charge in [-0.15, -0.1) is 0 Å². The van der Waals surface area contributed by atoms with E-state index in [1.165, 1.54) is 0 Å². The average molecular weight is 324 g/mol. The Labute approximate surface area is 120 Å². The molecule has 0 bridgehead atoms. The molecule has 0 radical (unpaired) electrons. The van der Waals surface area contributed by atoms with Crippen molar-refractivity contribution in [1.82, 2.24) is 0 Å². The first kappa shape index (κ1) is 13.3. The summed E-state index contributed by atoms with van der Waals surface area (Å²) < 4.78 is 0.883. The van der Waals surface area contributed by atoms with Crippen LogP contribution in [0.4, 0.5) is 0 Å². The van der Waals surface area contributed by atoms with Crippen LogP contribution in [0.2, 0.25) is 5.02 Å². The first-order chi connectivity index (χ1) is 8.49. The van der Waals surface area contributed by atoms with Crippen molar-refractivity contribution in [3.8, 4) is 0 Å². The molecule has 18 heavy (non-hydrogen) atoms. The van der Waals surface area contributed by atoms with Crippen molar-refractivity contribution in [3.05, 3.63) is 68.1 Å². The molecule has 0 aliphatic carbocycles. The molecule has 0 aliphatic heterocycles. The molecule has 0 saturated heterocycles. The van der Waals surface area contributed by atoms with Crippen LogP contribution >= 0.6 is 27.5 Å². The first-order valence-electron chi connectivity index (χ1n) is 5.56. The predicted molar refractivity (Wildman–Crippen MR) is 78.5 cm³/mol. The molecule has 0 aromatic heterocycles. The van der Waals surface area contributed by atoms with Crippen LogP contribution in [0.15, 0.2) is 40.9 Å². The smallest absolute Gasteiger partial charge is 0.194 e. The van der Waals surface area contributed by atoms with E-state index in [4.69, 9.17) is 11.6 Å². The fourth-order valence-electron chi connectivity index (χ4n) is 1.74. The minimum Gasteiger partial charge on any atom is -0.289 e. The van der Waals surface area contributed by atoms with E-state index in [-0.39, 0.29) is 5.78 Å². The summed E-state index contributed by atoms with van der Waals surface area (Å²) in [5.41, 5.74) is 3.34. The highest BCUT2D eigenvalue weighted by Gasteiger charge is 2.14. The summed E-state index contributed by atoms with van der Waals surface area (Å²) in [5, 5.41) is 0.503. The molecule has 0 amide bonds. The van der Waals surface area contributed by atoms with E-state index < -0.39 is 0 Å². The van der Waals surface area contributed by atoms with Crippen molar-refractivity contribution in [3.63, 3.8) is 0 Å². The Balaban J connectivity index is 2.49. The number of aryl methyl sites for hydroxylation is 2. The van der Waals surface area contributed by atoms with Gasteiger partial charge < -0.3 is 0 Å². The monoisotopic (exact) mass is 322 g/mol. The number of rotatable bonds is 2. The number of ketones is 1. The summed E-state index contributed by atoms with van der Waals surface area (Å²) in [7, 11) is 0. The zero-order chi connectivity index (χ0) is 13.3. The predicted octanol–water partition coefficient (Wildman–Crippen LogP) is 4.95. The molecule has 0 fully saturated rings. The highest BCUT2D eigenvalue weighted by Crippen LogP contribution is 2.24. The van der Waals surface area contributed by atoms with E-state index in [0.29, 0.717) is 16.1 Å². The van der Waals surface area contributed by atoms with Gasteiger partial charge in [-0.25, -0.2) is 0 Å². The molecule has 0 spiro atoms. The van der Waals surface area contributed by atoms with Crippen LogP contribution in [0.25, 0.3) is 0 Å². The number of benzene rings is 2. The summed E-state index contributed by atoms with van der Waals surface area (Å²) >= 11 is 9.52. The second-order valence-electron chi connectivity index (χ2n) is 4.26. The zero-order valence-electron chi connectivity index (χ0n) is 10.1. The molecular formula is C15H12BrClO. The van der Waals surface area contributed by atoms with Gasteiger partial charge in [-0.3, -0.25) is 4.79 Å². The second-order valence-corrected chi connectivity index (χ2v) is 5.58. The van der Waals surface area contributed by atoms with Crippen molar-refractivity contribution >= 4 is 33.3 Å². The molecule has 2 aromatic carbocycles. The standard InChI is InChI=1S/C15H12BrClO/c1-9-6-13(14(17)7-10(9)2)15(18)11-4-3-5-12(16)8-11/h3-8H,1-2H3. The van der Waals surface area contributed by atoms with Crippen LogP contribution in [-0.2, 0) is 0 Å². The molecule has 0 saturated carbocycles. The topological polar surface area (TPSA) is 17.1 Å². The van der Waals surface area contributed by atoms with Crippen molar-refractivity contribution in [2.24, 2.45) is 0 Å².